The molecular formula is C11H12N2S. The van der Waals surface area contributed by atoms with Crippen LogP contribution in [-0.2, 0) is 6.54 Å². The molecule has 0 radical (unpaired) electrons. The van der Waals surface area contributed by atoms with Crippen molar-refractivity contribution in [2.75, 3.05) is 0 Å². The Hall–Kier alpha value is -1.19. The summed E-state index contributed by atoms with van der Waals surface area (Å²) in [6.45, 7) is 2.60. The van der Waals surface area contributed by atoms with Crippen LogP contribution in [0.15, 0.2) is 30.5 Å². The van der Waals surface area contributed by atoms with E-state index in [1.54, 1.807) is 11.3 Å². The van der Waals surface area contributed by atoms with Crippen LogP contribution in [0.5, 0.6) is 0 Å². The lowest BCUT2D eigenvalue weighted by Crippen LogP contribution is -1.95. The van der Waals surface area contributed by atoms with Crippen LogP contribution in [0.2, 0.25) is 0 Å². The molecule has 1 heterocycles. The SMILES string of the molecule is Cc1ncc(-c2cccc(CN)c2)s1. The molecule has 0 atom stereocenters. The van der Waals surface area contributed by atoms with Gasteiger partial charge >= 0.3 is 0 Å². The summed E-state index contributed by atoms with van der Waals surface area (Å²) < 4.78 is 0. The second-order valence-corrected chi connectivity index (χ2v) is 4.38. The fourth-order valence-electron chi connectivity index (χ4n) is 1.35. The first-order chi connectivity index (χ1) is 6.79. The van der Waals surface area contributed by atoms with E-state index in [1.807, 2.05) is 25.3 Å². The van der Waals surface area contributed by atoms with Gasteiger partial charge in [-0.25, -0.2) is 4.98 Å². The van der Waals surface area contributed by atoms with E-state index in [-0.39, 0.29) is 0 Å². The highest BCUT2D eigenvalue weighted by Crippen LogP contribution is 2.26. The highest BCUT2D eigenvalue weighted by molar-refractivity contribution is 7.15. The average molecular weight is 204 g/mol. The number of rotatable bonds is 2. The van der Waals surface area contributed by atoms with Crippen molar-refractivity contribution in [3.63, 3.8) is 0 Å². The Balaban J connectivity index is 2.41. The van der Waals surface area contributed by atoms with Gasteiger partial charge in [-0.2, -0.15) is 0 Å². The first-order valence-corrected chi connectivity index (χ1v) is 5.33. The Bertz CT molecular complexity index is 434. The molecule has 1 aromatic heterocycles. The van der Waals surface area contributed by atoms with Crippen molar-refractivity contribution < 1.29 is 0 Å². The summed E-state index contributed by atoms with van der Waals surface area (Å²) in [5.41, 5.74) is 7.96. The van der Waals surface area contributed by atoms with Gasteiger partial charge in [0.25, 0.3) is 0 Å². The van der Waals surface area contributed by atoms with E-state index < -0.39 is 0 Å². The highest BCUT2D eigenvalue weighted by Gasteiger charge is 2.01. The number of thiazole rings is 1. The van der Waals surface area contributed by atoms with Gasteiger partial charge in [-0.05, 0) is 24.1 Å². The third-order valence-electron chi connectivity index (χ3n) is 2.07. The molecule has 2 nitrogen and oxygen atoms in total. The van der Waals surface area contributed by atoms with Gasteiger partial charge in [0.05, 0.1) is 9.88 Å². The minimum Gasteiger partial charge on any atom is -0.326 e. The summed E-state index contributed by atoms with van der Waals surface area (Å²) in [6.07, 6.45) is 1.91. The first-order valence-electron chi connectivity index (χ1n) is 4.51. The van der Waals surface area contributed by atoms with E-state index in [9.17, 15) is 0 Å². The van der Waals surface area contributed by atoms with Gasteiger partial charge in [-0.1, -0.05) is 18.2 Å². The molecule has 0 aliphatic rings. The highest BCUT2D eigenvalue weighted by atomic mass is 32.1. The van der Waals surface area contributed by atoms with Gasteiger partial charge in [-0.15, -0.1) is 11.3 Å². The molecule has 0 aliphatic carbocycles. The largest absolute Gasteiger partial charge is 0.326 e. The third kappa shape index (κ3) is 1.84. The quantitative estimate of drug-likeness (QED) is 0.816. The minimum absolute atomic E-state index is 0.589. The van der Waals surface area contributed by atoms with E-state index in [2.05, 4.69) is 17.1 Å². The van der Waals surface area contributed by atoms with Crippen molar-refractivity contribution in [3.05, 3.63) is 41.0 Å². The number of aryl methyl sites for hydroxylation is 1. The maximum Gasteiger partial charge on any atom is 0.0900 e. The van der Waals surface area contributed by atoms with Crippen molar-refractivity contribution >= 4 is 11.3 Å². The van der Waals surface area contributed by atoms with Crippen LogP contribution in [-0.4, -0.2) is 4.98 Å². The predicted molar refractivity (Wildman–Crippen MR) is 60.2 cm³/mol. The zero-order valence-electron chi connectivity index (χ0n) is 8.03. The van der Waals surface area contributed by atoms with E-state index >= 15 is 0 Å². The van der Waals surface area contributed by atoms with Gasteiger partial charge in [0, 0.05) is 12.7 Å². The van der Waals surface area contributed by atoms with E-state index in [1.165, 1.54) is 10.4 Å². The number of nitrogens with two attached hydrogens (primary N) is 1. The Labute approximate surface area is 87.4 Å². The molecule has 0 spiro atoms. The molecule has 0 saturated heterocycles. The molecule has 0 bridgehead atoms. The van der Waals surface area contributed by atoms with E-state index in [0.717, 1.165) is 10.6 Å². The van der Waals surface area contributed by atoms with E-state index in [4.69, 9.17) is 5.73 Å². The second kappa shape index (κ2) is 3.90. The lowest BCUT2D eigenvalue weighted by molar-refractivity contribution is 1.07. The Morgan fingerprint density at radius 2 is 2.29 bits per heavy atom. The second-order valence-electron chi connectivity index (χ2n) is 3.15. The number of nitrogens with zero attached hydrogens (tertiary/aromatic N) is 1. The van der Waals surface area contributed by atoms with Gasteiger partial charge in [0.1, 0.15) is 0 Å². The van der Waals surface area contributed by atoms with Crippen LogP contribution < -0.4 is 5.73 Å². The molecule has 0 aliphatic heterocycles. The van der Waals surface area contributed by atoms with Crippen LogP contribution in [0.3, 0.4) is 0 Å². The van der Waals surface area contributed by atoms with Crippen molar-refractivity contribution in [1.82, 2.24) is 4.98 Å². The lowest BCUT2D eigenvalue weighted by atomic mass is 10.1. The van der Waals surface area contributed by atoms with Crippen molar-refractivity contribution in [2.45, 2.75) is 13.5 Å². The van der Waals surface area contributed by atoms with Crippen molar-refractivity contribution in [2.24, 2.45) is 5.73 Å². The summed E-state index contributed by atoms with van der Waals surface area (Å²) >= 11 is 1.71. The van der Waals surface area contributed by atoms with Crippen LogP contribution in [0.1, 0.15) is 10.6 Å². The molecule has 0 amide bonds. The molecule has 72 valence electrons. The topological polar surface area (TPSA) is 38.9 Å². The van der Waals surface area contributed by atoms with Gasteiger partial charge in [-0.3, -0.25) is 0 Å². The minimum atomic E-state index is 0.589. The zero-order valence-corrected chi connectivity index (χ0v) is 8.84. The fourth-order valence-corrected chi connectivity index (χ4v) is 2.12. The van der Waals surface area contributed by atoms with Crippen LogP contribution in [0.4, 0.5) is 0 Å². The summed E-state index contributed by atoms with van der Waals surface area (Å²) in [7, 11) is 0. The van der Waals surface area contributed by atoms with Gasteiger partial charge < -0.3 is 5.73 Å². The van der Waals surface area contributed by atoms with E-state index in [0.29, 0.717) is 6.54 Å². The maximum atomic E-state index is 5.59. The summed E-state index contributed by atoms with van der Waals surface area (Å²) in [6, 6.07) is 8.28. The van der Waals surface area contributed by atoms with Crippen LogP contribution >= 0.6 is 11.3 Å². The molecule has 2 aromatic rings. The Morgan fingerprint density at radius 1 is 1.43 bits per heavy atom. The predicted octanol–water partition coefficient (Wildman–Crippen LogP) is 2.58. The monoisotopic (exact) mass is 204 g/mol. The third-order valence-corrected chi connectivity index (χ3v) is 3.03. The maximum absolute atomic E-state index is 5.59. The normalized spacial score (nSPS) is 10.4. The van der Waals surface area contributed by atoms with Crippen molar-refractivity contribution in [3.8, 4) is 10.4 Å². The molecule has 14 heavy (non-hydrogen) atoms. The van der Waals surface area contributed by atoms with Crippen LogP contribution in [0, 0.1) is 6.92 Å². The molecule has 0 unspecified atom stereocenters. The molecule has 3 heteroatoms. The van der Waals surface area contributed by atoms with Crippen LogP contribution in [0.25, 0.3) is 10.4 Å². The summed E-state index contributed by atoms with van der Waals surface area (Å²) in [5.74, 6) is 0. The summed E-state index contributed by atoms with van der Waals surface area (Å²) in [5, 5.41) is 1.10. The van der Waals surface area contributed by atoms with Crippen molar-refractivity contribution in [1.29, 1.82) is 0 Å². The standard InChI is InChI=1S/C11H12N2S/c1-8-13-7-11(14-8)10-4-2-3-9(5-10)6-12/h2-5,7H,6,12H2,1H3. The molecular weight excluding hydrogens is 192 g/mol. The first kappa shape index (κ1) is 9.37. The zero-order chi connectivity index (χ0) is 9.97. The number of aromatic nitrogens is 1. The molecule has 2 rings (SSSR count). The molecule has 1 aromatic carbocycles. The van der Waals surface area contributed by atoms with Gasteiger partial charge in [0.2, 0.25) is 0 Å². The number of benzene rings is 1. The summed E-state index contributed by atoms with van der Waals surface area (Å²) in [4.78, 5) is 5.44. The Morgan fingerprint density at radius 3 is 2.93 bits per heavy atom. The number of hydrogen-bond donors (Lipinski definition) is 1. The molecule has 0 fully saturated rings. The van der Waals surface area contributed by atoms with Gasteiger partial charge in [0.15, 0.2) is 0 Å². The molecule has 0 saturated carbocycles. The lowest BCUT2D eigenvalue weighted by Gasteiger charge is -1.99. The smallest absolute Gasteiger partial charge is 0.0900 e. The molecule has 2 N–H and O–H groups in total. The Kier molecular flexibility index (Phi) is 2.61. The number of hydrogen-bond acceptors (Lipinski definition) is 3. The average Bonchev–Trinajstić information content (AvgIpc) is 2.65. The fraction of sp³-hybridized carbons (Fsp3) is 0.182.